The van der Waals surface area contributed by atoms with Crippen molar-refractivity contribution < 1.29 is 9.13 Å². The van der Waals surface area contributed by atoms with Gasteiger partial charge in [0, 0.05) is 27.6 Å². The minimum Gasteiger partial charge on any atom is -0.463 e. The Morgan fingerprint density at radius 1 is 0.931 bits per heavy atom. The Morgan fingerprint density at radius 3 is 2.38 bits per heavy atom. The molecule has 146 valence electrons. The Balaban J connectivity index is 1.62. The minimum absolute atomic E-state index is 0.101. The fourth-order valence-corrected chi connectivity index (χ4v) is 4.46. The first-order valence-corrected chi connectivity index (χ1v) is 10.2. The van der Waals surface area contributed by atoms with Gasteiger partial charge in [0.1, 0.15) is 11.6 Å². The molecule has 3 aromatic rings. The second kappa shape index (κ2) is 7.21. The summed E-state index contributed by atoms with van der Waals surface area (Å²) in [6.07, 6.45) is 0.157. The third-order valence-corrected chi connectivity index (χ3v) is 5.89. The van der Waals surface area contributed by atoms with Crippen molar-refractivity contribution in [2.24, 2.45) is 5.10 Å². The van der Waals surface area contributed by atoms with Crippen molar-refractivity contribution in [2.75, 3.05) is 0 Å². The quantitative estimate of drug-likeness (QED) is 0.421. The summed E-state index contributed by atoms with van der Waals surface area (Å²) in [7, 11) is 0. The van der Waals surface area contributed by atoms with Crippen LogP contribution in [0.3, 0.4) is 0 Å². The molecule has 0 aliphatic carbocycles. The van der Waals surface area contributed by atoms with E-state index in [1.165, 1.54) is 12.1 Å². The molecule has 0 bridgehead atoms. The lowest BCUT2D eigenvalue weighted by Gasteiger charge is -2.38. The van der Waals surface area contributed by atoms with Gasteiger partial charge >= 0.3 is 0 Å². The summed E-state index contributed by atoms with van der Waals surface area (Å²) in [6, 6.07) is 17.2. The summed E-state index contributed by atoms with van der Waals surface area (Å²) in [5.74, 6) is 0.323. The second-order valence-corrected chi connectivity index (χ2v) is 8.26. The number of hydrogen-bond acceptors (Lipinski definition) is 3. The molecule has 0 saturated heterocycles. The van der Waals surface area contributed by atoms with Crippen molar-refractivity contribution in [3.63, 3.8) is 0 Å². The van der Waals surface area contributed by atoms with Crippen LogP contribution in [-0.4, -0.2) is 10.7 Å². The largest absolute Gasteiger partial charge is 0.463 e. The average Bonchev–Trinajstić information content (AvgIpc) is 3.14. The number of nitrogens with zero attached hydrogens (tertiary/aromatic N) is 2. The average molecular weight is 448 g/mol. The van der Waals surface area contributed by atoms with Gasteiger partial charge in [0.05, 0.1) is 16.8 Å². The third-order valence-electron chi connectivity index (χ3n) is 5.14. The molecular formula is C22H14Cl3FN2O. The van der Waals surface area contributed by atoms with Crippen molar-refractivity contribution >= 4 is 40.5 Å². The molecule has 0 saturated carbocycles. The molecule has 3 aromatic carbocycles. The molecule has 29 heavy (non-hydrogen) atoms. The zero-order valence-corrected chi connectivity index (χ0v) is 17.2. The van der Waals surface area contributed by atoms with Gasteiger partial charge in [-0.2, -0.15) is 5.10 Å². The van der Waals surface area contributed by atoms with Gasteiger partial charge in [-0.05, 0) is 42.0 Å². The molecule has 5 rings (SSSR count). The lowest BCUT2D eigenvalue weighted by molar-refractivity contribution is -0.0189. The van der Waals surface area contributed by atoms with Gasteiger partial charge in [-0.15, -0.1) is 0 Å². The maximum atomic E-state index is 13.4. The summed E-state index contributed by atoms with van der Waals surface area (Å²) in [6.45, 7) is 0. The van der Waals surface area contributed by atoms with Gasteiger partial charge in [0.2, 0.25) is 6.23 Å². The van der Waals surface area contributed by atoms with Crippen molar-refractivity contribution in [1.29, 1.82) is 0 Å². The van der Waals surface area contributed by atoms with E-state index in [-0.39, 0.29) is 11.9 Å². The maximum Gasteiger partial charge on any atom is 0.213 e. The zero-order valence-electron chi connectivity index (χ0n) is 14.9. The summed E-state index contributed by atoms with van der Waals surface area (Å²) in [4.78, 5) is 0. The Bertz CT molecular complexity index is 1120. The van der Waals surface area contributed by atoms with E-state index in [0.717, 1.165) is 22.4 Å². The van der Waals surface area contributed by atoms with Crippen molar-refractivity contribution in [1.82, 2.24) is 5.01 Å². The lowest BCUT2D eigenvalue weighted by atomic mass is 9.96. The Hall–Kier alpha value is -2.27. The summed E-state index contributed by atoms with van der Waals surface area (Å²) in [5, 5.41) is 8.39. The van der Waals surface area contributed by atoms with E-state index >= 15 is 0 Å². The maximum absolute atomic E-state index is 13.4. The third kappa shape index (κ3) is 3.35. The number of benzene rings is 3. The molecule has 0 unspecified atom stereocenters. The first-order chi connectivity index (χ1) is 14.0. The van der Waals surface area contributed by atoms with E-state index in [1.54, 1.807) is 18.2 Å². The molecule has 3 nitrogen and oxygen atoms in total. The van der Waals surface area contributed by atoms with Crippen LogP contribution in [-0.2, 0) is 0 Å². The van der Waals surface area contributed by atoms with Crippen LogP contribution in [0, 0.1) is 5.82 Å². The highest BCUT2D eigenvalue weighted by Gasteiger charge is 2.42. The SMILES string of the molecule is Fc1ccc(C2=NN3[C@@H](c4ccc(Cl)cc4)Oc4c(Cl)cc(Cl)cc4[C@@H]3C2)cc1. The summed E-state index contributed by atoms with van der Waals surface area (Å²) in [5.41, 5.74) is 3.50. The van der Waals surface area contributed by atoms with Gasteiger partial charge in [0.25, 0.3) is 0 Å². The summed E-state index contributed by atoms with van der Waals surface area (Å²) < 4.78 is 19.6. The number of fused-ring (bicyclic) bond motifs is 3. The Morgan fingerprint density at radius 2 is 1.66 bits per heavy atom. The van der Waals surface area contributed by atoms with Gasteiger partial charge in [-0.25, -0.2) is 9.40 Å². The number of halogens is 4. The van der Waals surface area contributed by atoms with E-state index < -0.39 is 6.23 Å². The molecule has 2 atom stereocenters. The van der Waals surface area contributed by atoms with Crippen LogP contribution in [0.25, 0.3) is 0 Å². The highest BCUT2D eigenvalue weighted by molar-refractivity contribution is 6.35. The molecule has 2 aliphatic rings. The summed E-state index contributed by atoms with van der Waals surface area (Å²) >= 11 is 18.8. The van der Waals surface area contributed by atoms with E-state index in [0.29, 0.717) is 27.2 Å². The zero-order chi connectivity index (χ0) is 20.1. The number of hydrogen-bond donors (Lipinski definition) is 0. The number of hydrazone groups is 1. The van der Waals surface area contributed by atoms with Gasteiger partial charge < -0.3 is 4.74 Å². The van der Waals surface area contributed by atoms with Crippen LogP contribution >= 0.6 is 34.8 Å². The Kier molecular flexibility index (Phi) is 4.66. The highest BCUT2D eigenvalue weighted by Crippen LogP contribution is 2.50. The van der Waals surface area contributed by atoms with Gasteiger partial charge in [-0.1, -0.05) is 59.1 Å². The molecule has 0 spiro atoms. The molecule has 0 aromatic heterocycles. The smallest absolute Gasteiger partial charge is 0.213 e. The molecule has 0 amide bonds. The monoisotopic (exact) mass is 446 g/mol. The van der Waals surface area contributed by atoms with Crippen LogP contribution in [0.2, 0.25) is 15.1 Å². The van der Waals surface area contributed by atoms with Crippen LogP contribution in [0.1, 0.15) is 35.4 Å². The molecule has 2 aliphatic heterocycles. The van der Waals surface area contributed by atoms with Crippen LogP contribution in [0.15, 0.2) is 65.8 Å². The van der Waals surface area contributed by atoms with Crippen molar-refractivity contribution in [3.05, 3.63) is 98.2 Å². The standard InChI is InChI=1S/C22H14Cl3FN2O/c23-14-5-1-13(2-6-14)22-28-20(17-9-15(24)10-18(25)21(17)29-22)11-19(27-28)12-3-7-16(26)8-4-12/h1-10,20,22H,11H2/t20-,22+/m0/s1. The number of rotatable bonds is 2. The van der Waals surface area contributed by atoms with Gasteiger partial charge in [0.15, 0.2) is 0 Å². The molecule has 7 heteroatoms. The molecule has 0 N–H and O–H groups in total. The predicted octanol–water partition coefficient (Wildman–Crippen LogP) is 7.03. The van der Waals surface area contributed by atoms with E-state index in [1.807, 2.05) is 35.3 Å². The van der Waals surface area contributed by atoms with Crippen LogP contribution in [0.5, 0.6) is 5.75 Å². The minimum atomic E-state index is -0.471. The Labute approximate surface area is 182 Å². The van der Waals surface area contributed by atoms with Crippen LogP contribution < -0.4 is 4.74 Å². The predicted molar refractivity (Wildman–Crippen MR) is 113 cm³/mol. The van der Waals surface area contributed by atoms with Crippen molar-refractivity contribution in [2.45, 2.75) is 18.7 Å². The first-order valence-electron chi connectivity index (χ1n) is 9.02. The normalized spacial score (nSPS) is 20.0. The fourth-order valence-electron chi connectivity index (χ4n) is 3.78. The molecule has 2 heterocycles. The van der Waals surface area contributed by atoms with Gasteiger partial charge in [-0.3, -0.25) is 0 Å². The molecule has 0 fully saturated rings. The molecular weight excluding hydrogens is 434 g/mol. The first kappa shape index (κ1) is 18.7. The topological polar surface area (TPSA) is 24.8 Å². The molecule has 0 radical (unpaired) electrons. The van der Waals surface area contributed by atoms with E-state index in [9.17, 15) is 4.39 Å². The van der Waals surface area contributed by atoms with Crippen LogP contribution in [0.4, 0.5) is 4.39 Å². The lowest BCUT2D eigenvalue weighted by Crippen LogP contribution is -2.33. The second-order valence-electron chi connectivity index (χ2n) is 6.98. The van der Waals surface area contributed by atoms with Crippen molar-refractivity contribution in [3.8, 4) is 5.75 Å². The van der Waals surface area contributed by atoms with E-state index in [2.05, 4.69) is 0 Å². The fraction of sp³-hybridized carbons (Fsp3) is 0.136. The van der Waals surface area contributed by atoms with E-state index in [4.69, 9.17) is 44.6 Å². The highest BCUT2D eigenvalue weighted by atomic mass is 35.5. The number of ether oxygens (including phenoxy) is 1.